The van der Waals surface area contributed by atoms with Crippen molar-refractivity contribution in [3.05, 3.63) is 42.2 Å². The quantitative estimate of drug-likeness (QED) is 0.692. The lowest BCUT2D eigenvalue weighted by atomic mass is 10.1. The molecule has 0 atom stereocenters. The van der Waals surface area contributed by atoms with Crippen LogP contribution >= 0.6 is 0 Å². The Labute approximate surface area is 145 Å². The van der Waals surface area contributed by atoms with Crippen LogP contribution in [0.5, 0.6) is 11.5 Å². The van der Waals surface area contributed by atoms with Gasteiger partial charge in [0.1, 0.15) is 17.3 Å². The number of hydrogen-bond acceptors (Lipinski definition) is 5. The molecular weight excluding hydrogens is 318 g/mol. The van der Waals surface area contributed by atoms with Crippen LogP contribution in [0.3, 0.4) is 0 Å². The summed E-state index contributed by atoms with van der Waals surface area (Å²) in [6.07, 6.45) is 2.30. The smallest absolute Gasteiger partial charge is 0.159 e. The largest absolute Gasteiger partial charge is 0.497 e. The van der Waals surface area contributed by atoms with Gasteiger partial charge in [-0.2, -0.15) is 5.10 Å². The molecule has 1 fully saturated rings. The van der Waals surface area contributed by atoms with Crippen molar-refractivity contribution in [3.8, 4) is 22.8 Å². The highest BCUT2D eigenvalue weighted by Gasteiger charge is 2.30. The Bertz CT molecular complexity index is 944. The van der Waals surface area contributed by atoms with Gasteiger partial charge in [0.05, 0.1) is 26.3 Å². The lowest BCUT2D eigenvalue weighted by Gasteiger charge is -2.11. The number of fused-ring (bicyclic) bond motifs is 1. The minimum Gasteiger partial charge on any atom is -0.497 e. The molecule has 6 nitrogen and oxygen atoms in total. The van der Waals surface area contributed by atoms with Gasteiger partial charge in [0.25, 0.3) is 0 Å². The van der Waals surface area contributed by atoms with Gasteiger partial charge in [-0.3, -0.25) is 4.79 Å². The molecule has 4 rings (SSSR count). The van der Waals surface area contributed by atoms with Crippen LogP contribution in [-0.2, 0) is 11.2 Å². The van der Waals surface area contributed by atoms with Gasteiger partial charge in [0, 0.05) is 17.5 Å². The number of pyridine rings is 1. The van der Waals surface area contributed by atoms with Crippen molar-refractivity contribution in [2.45, 2.75) is 19.3 Å². The van der Waals surface area contributed by atoms with Crippen LogP contribution in [0.4, 0.5) is 0 Å². The van der Waals surface area contributed by atoms with E-state index >= 15 is 0 Å². The molecule has 0 bridgehead atoms. The van der Waals surface area contributed by atoms with E-state index in [0.29, 0.717) is 23.6 Å². The summed E-state index contributed by atoms with van der Waals surface area (Å²) in [7, 11) is 3.25. The lowest BCUT2D eigenvalue weighted by Crippen LogP contribution is -2.06. The summed E-state index contributed by atoms with van der Waals surface area (Å²) < 4.78 is 12.5. The van der Waals surface area contributed by atoms with Gasteiger partial charge >= 0.3 is 0 Å². The number of nitrogens with zero attached hydrogens (tertiary/aromatic N) is 3. The SMILES string of the molecule is COc1ccc(-c2cccc3nc(CC(=O)C4CC4)nn23)c(OC)c1. The van der Waals surface area contributed by atoms with Crippen molar-refractivity contribution in [2.24, 2.45) is 5.92 Å². The molecule has 0 unspecified atom stereocenters. The number of methoxy groups -OCH3 is 2. The van der Waals surface area contributed by atoms with Crippen molar-refractivity contribution >= 4 is 11.4 Å². The molecule has 2 heterocycles. The van der Waals surface area contributed by atoms with E-state index in [1.54, 1.807) is 18.7 Å². The monoisotopic (exact) mass is 337 g/mol. The van der Waals surface area contributed by atoms with E-state index in [0.717, 1.165) is 29.8 Å². The maximum Gasteiger partial charge on any atom is 0.159 e. The van der Waals surface area contributed by atoms with Crippen LogP contribution in [0.25, 0.3) is 16.9 Å². The molecule has 1 aliphatic rings. The fraction of sp³-hybridized carbons (Fsp3) is 0.316. The topological polar surface area (TPSA) is 65.7 Å². The Balaban J connectivity index is 1.77. The van der Waals surface area contributed by atoms with Crippen LogP contribution in [-0.4, -0.2) is 34.6 Å². The van der Waals surface area contributed by atoms with E-state index in [2.05, 4.69) is 10.1 Å². The first kappa shape index (κ1) is 15.6. The molecule has 1 saturated carbocycles. The third-order valence-electron chi connectivity index (χ3n) is 4.45. The van der Waals surface area contributed by atoms with Gasteiger partial charge in [-0.05, 0) is 37.1 Å². The number of Topliss-reactive ketones (excluding diaryl/α,β-unsaturated/α-hetero) is 1. The standard InChI is InChI=1S/C19H19N3O3/c1-24-13-8-9-14(17(10-13)25-2)15-4-3-5-19-20-18(21-22(15)19)11-16(23)12-6-7-12/h3-5,8-10,12H,6-7,11H2,1-2H3. The molecular formula is C19H19N3O3. The van der Waals surface area contributed by atoms with Crippen LogP contribution in [0, 0.1) is 5.92 Å². The summed E-state index contributed by atoms with van der Waals surface area (Å²) >= 11 is 0. The Hall–Kier alpha value is -2.89. The van der Waals surface area contributed by atoms with Crippen LogP contribution in [0.1, 0.15) is 18.7 Å². The molecule has 128 valence electrons. The van der Waals surface area contributed by atoms with Gasteiger partial charge in [-0.25, -0.2) is 9.50 Å². The van der Waals surface area contributed by atoms with E-state index in [4.69, 9.17) is 9.47 Å². The number of carbonyl (C=O) groups excluding carboxylic acids is 1. The average molecular weight is 337 g/mol. The molecule has 25 heavy (non-hydrogen) atoms. The average Bonchev–Trinajstić information content (AvgIpc) is 3.41. The number of aromatic nitrogens is 3. The Morgan fingerprint density at radius 1 is 1.20 bits per heavy atom. The summed E-state index contributed by atoms with van der Waals surface area (Å²) in [5, 5.41) is 4.56. The second-order valence-corrected chi connectivity index (χ2v) is 6.19. The van der Waals surface area contributed by atoms with Crippen molar-refractivity contribution in [2.75, 3.05) is 14.2 Å². The Morgan fingerprint density at radius 2 is 2.04 bits per heavy atom. The summed E-state index contributed by atoms with van der Waals surface area (Å²) in [6, 6.07) is 11.4. The first-order valence-corrected chi connectivity index (χ1v) is 8.29. The van der Waals surface area contributed by atoms with Crippen molar-refractivity contribution < 1.29 is 14.3 Å². The van der Waals surface area contributed by atoms with E-state index in [9.17, 15) is 4.79 Å². The van der Waals surface area contributed by atoms with Gasteiger partial charge < -0.3 is 9.47 Å². The lowest BCUT2D eigenvalue weighted by molar-refractivity contribution is -0.119. The highest BCUT2D eigenvalue weighted by molar-refractivity contribution is 5.84. The number of ketones is 1. The third kappa shape index (κ3) is 2.95. The number of benzene rings is 1. The highest BCUT2D eigenvalue weighted by atomic mass is 16.5. The molecule has 0 radical (unpaired) electrons. The van der Waals surface area contributed by atoms with Crippen molar-refractivity contribution in [1.82, 2.24) is 14.6 Å². The second kappa shape index (κ2) is 6.20. The normalized spacial score (nSPS) is 13.8. The Morgan fingerprint density at radius 3 is 2.76 bits per heavy atom. The van der Waals surface area contributed by atoms with Gasteiger partial charge in [0.15, 0.2) is 11.5 Å². The summed E-state index contributed by atoms with van der Waals surface area (Å²) in [4.78, 5) is 16.6. The van der Waals surface area contributed by atoms with Gasteiger partial charge in [-0.1, -0.05) is 6.07 Å². The van der Waals surface area contributed by atoms with E-state index in [-0.39, 0.29) is 11.7 Å². The number of ether oxygens (including phenoxy) is 2. The predicted octanol–water partition coefficient (Wildman–Crippen LogP) is 2.94. The molecule has 3 aromatic rings. The van der Waals surface area contributed by atoms with Crippen molar-refractivity contribution in [3.63, 3.8) is 0 Å². The fourth-order valence-corrected chi connectivity index (χ4v) is 2.94. The summed E-state index contributed by atoms with van der Waals surface area (Å²) in [5.41, 5.74) is 2.46. The minimum atomic E-state index is 0.216. The zero-order chi connectivity index (χ0) is 17.4. The first-order chi connectivity index (χ1) is 12.2. The zero-order valence-electron chi connectivity index (χ0n) is 14.2. The minimum absolute atomic E-state index is 0.216. The fourth-order valence-electron chi connectivity index (χ4n) is 2.94. The maximum atomic E-state index is 12.1. The summed E-state index contributed by atoms with van der Waals surface area (Å²) in [5.74, 6) is 2.43. The molecule has 0 saturated heterocycles. The maximum absolute atomic E-state index is 12.1. The van der Waals surface area contributed by atoms with E-state index < -0.39 is 0 Å². The predicted molar refractivity (Wildman–Crippen MR) is 93.0 cm³/mol. The van der Waals surface area contributed by atoms with Gasteiger partial charge in [0.2, 0.25) is 0 Å². The molecule has 2 aromatic heterocycles. The highest BCUT2D eigenvalue weighted by Crippen LogP contribution is 2.34. The van der Waals surface area contributed by atoms with Gasteiger partial charge in [-0.15, -0.1) is 0 Å². The van der Waals surface area contributed by atoms with E-state index in [1.807, 2.05) is 36.4 Å². The molecule has 1 aromatic carbocycles. The number of carbonyl (C=O) groups is 1. The van der Waals surface area contributed by atoms with Crippen LogP contribution < -0.4 is 9.47 Å². The molecule has 0 aliphatic heterocycles. The molecule has 0 amide bonds. The molecule has 0 spiro atoms. The third-order valence-corrected chi connectivity index (χ3v) is 4.45. The second-order valence-electron chi connectivity index (χ2n) is 6.19. The molecule has 0 N–H and O–H groups in total. The number of hydrogen-bond donors (Lipinski definition) is 0. The summed E-state index contributed by atoms with van der Waals surface area (Å²) in [6.45, 7) is 0. The molecule has 6 heteroatoms. The Kier molecular flexibility index (Phi) is 3.87. The first-order valence-electron chi connectivity index (χ1n) is 8.29. The number of rotatable bonds is 6. The van der Waals surface area contributed by atoms with Crippen LogP contribution in [0.2, 0.25) is 0 Å². The van der Waals surface area contributed by atoms with Crippen LogP contribution in [0.15, 0.2) is 36.4 Å². The van der Waals surface area contributed by atoms with E-state index in [1.165, 1.54) is 0 Å². The zero-order valence-corrected chi connectivity index (χ0v) is 14.2. The van der Waals surface area contributed by atoms with Crippen molar-refractivity contribution in [1.29, 1.82) is 0 Å². The molecule has 1 aliphatic carbocycles.